The molecule has 2 N–H and O–H groups in total. The van der Waals surface area contributed by atoms with Crippen molar-refractivity contribution in [2.45, 2.75) is 13.5 Å². The standard InChI is InChI=1S/C19H18ClN5O2/c1-12-7-15(17(27-2)8-14(12)20)25-19(26)16-9-18(24-11-23-16)22-10-13-3-5-21-6-4-13/h3-9,11H,10H2,1-2H3,(H,25,26)(H,22,23,24). The summed E-state index contributed by atoms with van der Waals surface area (Å²) in [7, 11) is 1.52. The number of ether oxygens (including phenoxy) is 1. The minimum absolute atomic E-state index is 0.233. The number of hydrogen-bond acceptors (Lipinski definition) is 6. The van der Waals surface area contributed by atoms with Crippen LogP contribution in [0.1, 0.15) is 21.6 Å². The van der Waals surface area contributed by atoms with Gasteiger partial charge in [0.05, 0.1) is 12.8 Å². The molecule has 0 saturated carbocycles. The summed E-state index contributed by atoms with van der Waals surface area (Å²) in [5.74, 6) is 0.652. The highest BCUT2D eigenvalue weighted by Gasteiger charge is 2.14. The van der Waals surface area contributed by atoms with Crippen molar-refractivity contribution in [1.82, 2.24) is 15.0 Å². The summed E-state index contributed by atoms with van der Waals surface area (Å²) in [5, 5.41) is 6.52. The molecule has 0 fully saturated rings. The minimum Gasteiger partial charge on any atom is -0.495 e. The van der Waals surface area contributed by atoms with E-state index in [9.17, 15) is 4.79 Å². The molecule has 0 atom stereocenters. The first-order chi connectivity index (χ1) is 13.1. The van der Waals surface area contributed by atoms with E-state index >= 15 is 0 Å². The quantitative estimate of drug-likeness (QED) is 0.674. The number of carbonyl (C=O) groups is 1. The second-order valence-corrected chi connectivity index (χ2v) is 6.16. The Labute approximate surface area is 161 Å². The van der Waals surface area contributed by atoms with Crippen LogP contribution in [-0.4, -0.2) is 28.0 Å². The van der Waals surface area contributed by atoms with Crippen molar-refractivity contribution < 1.29 is 9.53 Å². The van der Waals surface area contributed by atoms with Gasteiger partial charge in [0.2, 0.25) is 0 Å². The molecule has 0 radical (unpaired) electrons. The Bertz CT molecular complexity index is 950. The van der Waals surface area contributed by atoms with Gasteiger partial charge in [0.25, 0.3) is 5.91 Å². The lowest BCUT2D eigenvalue weighted by atomic mass is 10.2. The smallest absolute Gasteiger partial charge is 0.274 e. The third-order valence-electron chi connectivity index (χ3n) is 3.85. The number of rotatable bonds is 6. The fourth-order valence-corrected chi connectivity index (χ4v) is 2.54. The van der Waals surface area contributed by atoms with E-state index in [-0.39, 0.29) is 11.6 Å². The molecule has 3 aromatic rings. The Hall–Kier alpha value is -3.19. The summed E-state index contributed by atoms with van der Waals surface area (Å²) < 4.78 is 5.28. The molecule has 138 valence electrons. The zero-order valence-corrected chi connectivity index (χ0v) is 15.6. The molecule has 2 heterocycles. The van der Waals surface area contributed by atoms with Crippen LogP contribution in [0.3, 0.4) is 0 Å². The maximum Gasteiger partial charge on any atom is 0.274 e. The number of methoxy groups -OCH3 is 1. The second kappa shape index (κ2) is 8.46. The van der Waals surface area contributed by atoms with Crippen molar-refractivity contribution in [1.29, 1.82) is 0 Å². The maximum atomic E-state index is 12.6. The first-order valence-electron chi connectivity index (χ1n) is 8.17. The molecule has 0 unspecified atom stereocenters. The molecule has 0 aliphatic heterocycles. The predicted molar refractivity (Wildman–Crippen MR) is 104 cm³/mol. The fourth-order valence-electron chi connectivity index (χ4n) is 2.39. The number of amides is 1. The van der Waals surface area contributed by atoms with Gasteiger partial charge in [-0.2, -0.15) is 0 Å². The van der Waals surface area contributed by atoms with E-state index in [0.717, 1.165) is 11.1 Å². The highest BCUT2D eigenvalue weighted by atomic mass is 35.5. The first kappa shape index (κ1) is 18.6. The molecule has 2 aromatic heterocycles. The van der Waals surface area contributed by atoms with Crippen LogP contribution in [0.25, 0.3) is 0 Å². The van der Waals surface area contributed by atoms with E-state index < -0.39 is 0 Å². The number of benzene rings is 1. The summed E-state index contributed by atoms with van der Waals surface area (Å²) in [4.78, 5) is 24.7. The number of carbonyl (C=O) groups excluding carboxylic acids is 1. The second-order valence-electron chi connectivity index (χ2n) is 5.75. The van der Waals surface area contributed by atoms with Crippen LogP contribution >= 0.6 is 11.6 Å². The molecule has 0 bridgehead atoms. The Morgan fingerprint density at radius 2 is 1.96 bits per heavy atom. The fraction of sp³-hybridized carbons (Fsp3) is 0.158. The maximum absolute atomic E-state index is 12.6. The molecular weight excluding hydrogens is 366 g/mol. The molecule has 27 heavy (non-hydrogen) atoms. The SMILES string of the molecule is COc1cc(Cl)c(C)cc1NC(=O)c1cc(NCc2ccncc2)ncn1. The molecule has 0 spiro atoms. The molecule has 0 saturated heterocycles. The highest BCUT2D eigenvalue weighted by Crippen LogP contribution is 2.31. The lowest BCUT2D eigenvalue weighted by Crippen LogP contribution is -2.15. The molecule has 8 heteroatoms. The van der Waals surface area contributed by atoms with Gasteiger partial charge in [0, 0.05) is 36.1 Å². The largest absolute Gasteiger partial charge is 0.495 e. The predicted octanol–water partition coefficient (Wildman–Crippen LogP) is 3.71. The number of aryl methyl sites for hydroxylation is 1. The molecule has 3 rings (SSSR count). The third kappa shape index (κ3) is 4.71. The van der Waals surface area contributed by atoms with Gasteiger partial charge in [-0.1, -0.05) is 11.6 Å². The van der Waals surface area contributed by atoms with Gasteiger partial charge < -0.3 is 15.4 Å². The molecule has 0 aliphatic carbocycles. The van der Waals surface area contributed by atoms with Crippen LogP contribution < -0.4 is 15.4 Å². The van der Waals surface area contributed by atoms with Gasteiger partial charge in [0.15, 0.2) is 0 Å². The minimum atomic E-state index is -0.371. The number of anilines is 2. The number of nitrogens with one attached hydrogen (secondary N) is 2. The molecule has 1 amide bonds. The number of halogens is 1. The first-order valence-corrected chi connectivity index (χ1v) is 8.55. The number of hydrogen-bond donors (Lipinski definition) is 2. The van der Waals surface area contributed by atoms with E-state index in [1.54, 1.807) is 30.6 Å². The van der Waals surface area contributed by atoms with Gasteiger partial charge in [-0.05, 0) is 36.2 Å². The van der Waals surface area contributed by atoms with Crippen molar-refractivity contribution in [3.8, 4) is 5.75 Å². The summed E-state index contributed by atoms with van der Waals surface area (Å²) in [6, 6.07) is 8.80. The topological polar surface area (TPSA) is 89.0 Å². The molecule has 0 aliphatic rings. The summed E-state index contributed by atoms with van der Waals surface area (Å²) in [6.07, 6.45) is 4.78. The average Bonchev–Trinajstić information content (AvgIpc) is 2.70. The van der Waals surface area contributed by atoms with E-state index in [4.69, 9.17) is 16.3 Å². The summed E-state index contributed by atoms with van der Waals surface area (Å²) in [6.45, 7) is 2.41. The normalized spacial score (nSPS) is 10.3. The molecule has 7 nitrogen and oxygen atoms in total. The number of aromatic nitrogens is 3. The molecular formula is C19H18ClN5O2. The van der Waals surface area contributed by atoms with Crippen molar-refractivity contribution >= 4 is 29.0 Å². The highest BCUT2D eigenvalue weighted by molar-refractivity contribution is 6.31. The third-order valence-corrected chi connectivity index (χ3v) is 4.26. The van der Waals surface area contributed by atoms with Crippen molar-refractivity contribution in [2.75, 3.05) is 17.7 Å². The van der Waals surface area contributed by atoms with Gasteiger partial charge in [-0.3, -0.25) is 9.78 Å². The Balaban J connectivity index is 1.73. The van der Waals surface area contributed by atoms with Gasteiger partial charge in [-0.25, -0.2) is 9.97 Å². The number of nitrogens with zero attached hydrogens (tertiary/aromatic N) is 3. The van der Waals surface area contributed by atoms with Crippen LogP contribution in [0.15, 0.2) is 49.1 Å². The molecule has 1 aromatic carbocycles. The van der Waals surface area contributed by atoms with Crippen LogP contribution in [0.2, 0.25) is 5.02 Å². The van der Waals surface area contributed by atoms with Gasteiger partial charge >= 0.3 is 0 Å². The Morgan fingerprint density at radius 3 is 2.70 bits per heavy atom. The summed E-state index contributed by atoms with van der Waals surface area (Å²) >= 11 is 6.10. The van der Waals surface area contributed by atoms with Gasteiger partial charge in [0.1, 0.15) is 23.6 Å². The average molecular weight is 384 g/mol. The van der Waals surface area contributed by atoms with E-state index in [1.165, 1.54) is 13.4 Å². The van der Waals surface area contributed by atoms with Crippen LogP contribution in [0.5, 0.6) is 5.75 Å². The zero-order chi connectivity index (χ0) is 19.2. The lowest BCUT2D eigenvalue weighted by Gasteiger charge is -2.12. The monoisotopic (exact) mass is 383 g/mol. The summed E-state index contributed by atoms with van der Waals surface area (Å²) in [5.41, 5.74) is 2.64. The number of pyridine rings is 1. The van der Waals surface area contributed by atoms with Gasteiger partial charge in [-0.15, -0.1) is 0 Å². The Kier molecular flexibility index (Phi) is 5.83. The van der Waals surface area contributed by atoms with Crippen LogP contribution in [0, 0.1) is 6.92 Å². The van der Waals surface area contributed by atoms with Crippen molar-refractivity contribution in [2.24, 2.45) is 0 Å². The van der Waals surface area contributed by atoms with E-state index in [2.05, 4.69) is 25.6 Å². The zero-order valence-electron chi connectivity index (χ0n) is 14.9. The van der Waals surface area contributed by atoms with Crippen molar-refractivity contribution in [3.05, 3.63) is 70.9 Å². The Morgan fingerprint density at radius 1 is 1.19 bits per heavy atom. The van der Waals surface area contributed by atoms with Crippen LogP contribution in [-0.2, 0) is 6.54 Å². The van der Waals surface area contributed by atoms with E-state index in [1.807, 2.05) is 19.1 Å². The van der Waals surface area contributed by atoms with E-state index in [0.29, 0.717) is 28.8 Å². The lowest BCUT2D eigenvalue weighted by molar-refractivity contribution is 0.102. The van der Waals surface area contributed by atoms with Crippen LogP contribution in [0.4, 0.5) is 11.5 Å². The van der Waals surface area contributed by atoms with Crippen molar-refractivity contribution in [3.63, 3.8) is 0 Å².